The molecule has 5 heteroatoms. The van der Waals surface area contributed by atoms with Gasteiger partial charge in [0.15, 0.2) is 0 Å². The van der Waals surface area contributed by atoms with Crippen molar-refractivity contribution in [3.63, 3.8) is 0 Å². The van der Waals surface area contributed by atoms with Crippen molar-refractivity contribution in [1.82, 2.24) is 4.90 Å². The van der Waals surface area contributed by atoms with Crippen LogP contribution in [0.25, 0.3) is 0 Å². The Labute approximate surface area is 110 Å². The zero-order valence-corrected chi connectivity index (χ0v) is 11.8. The van der Waals surface area contributed by atoms with Crippen molar-refractivity contribution in [1.29, 1.82) is 0 Å². The first-order valence-corrected chi connectivity index (χ1v) is 6.03. The highest BCUT2D eigenvalue weighted by molar-refractivity contribution is 9.10. The number of likely N-dealkylation sites (N-methyl/N-ethyl adjacent to an activating group) is 1. The number of hydrogen-bond acceptors (Lipinski definition) is 3. The Bertz CT molecular complexity index is 427. The number of anilines is 1. The fourth-order valence-corrected chi connectivity index (χ4v) is 1.80. The molecule has 4 nitrogen and oxygen atoms in total. The number of carbonyl (C=O) groups is 1. The second kappa shape index (κ2) is 5.06. The van der Waals surface area contributed by atoms with Gasteiger partial charge in [-0.25, -0.2) is 0 Å². The third kappa shape index (κ3) is 4.02. The van der Waals surface area contributed by atoms with Gasteiger partial charge in [0.05, 0.1) is 5.60 Å². The van der Waals surface area contributed by atoms with Crippen LogP contribution < -0.4 is 5.73 Å². The number of halogens is 1. The highest BCUT2D eigenvalue weighted by Crippen LogP contribution is 2.21. The van der Waals surface area contributed by atoms with Crippen LogP contribution in [0.1, 0.15) is 24.2 Å². The molecule has 3 N–H and O–H groups in total. The Morgan fingerprint density at radius 2 is 2.12 bits per heavy atom. The van der Waals surface area contributed by atoms with Gasteiger partial charge in [-0.15, -0.1) is 0 Å². The zero-order valence-electron chi connectivity index (χ0n) is 10.2. The number of aliphatic hydroxyl groups is 1. The quantitative estimate of drug-likeness (QED) is 0.838. The van der Waals surface area contributed by atoms with Crippen LogP contribution in [0.4, 0.5) is 5.69 Å². The Morgan fingerprint density at radius 1 is 1.53 bits per heavy atom. The van der Waals surface area contributed by atoms with Crippen LogP contribution in [0, 0.1) is 0 Å². The molecule has 1 rings (SSSR count). The van der Waals surface area contributed by atoms with Crippen LogP contribution in [0.15, 0.2) is 22.7 Å². The van der Waals surface area contributed by atoms with Crippen LogP contribution in [0.5, 0.6) is 0 Å². The normalized spacial score (nSPS) is 11.4. The molecule has 0 saturated carbocycles. The van der Waals surface area contributed by atoms with Gasteiger partial charge in [-0.2, -0.15) is 0 Å². The van der Waals surface area contributed by atoms with Gasteiger partial charge in [0.25, 0.3) is 5.91 Å². The molecule has 0 unspecified atom stereocenters. The van der Waals surface area contributed by atoms with E-state index < -0.39 is 5.60 Å². The topological polar surface area (TPSA) is 66.6 Å². The Kier molecular flexibility index (Phi) is 4.16. The molecule has 94 valence electrons. The van der Waals surface area contributed by atoms with E-state index in [0.29, 0.717) is 11.3 Å². The first-order valence-electron chi connectivity index (χ1n) is 5.23. The van der Waals surface area contributed by atoms with E-state index in [0.717, 1.165) is 4.47 Å². The maximum atomic E-state index is 12.0. The summed E-state index contributed by atoms with van der Waals surface area (Å²) in [4.78, 5) is 13.5. The fourth-order valence-electron chi connectivity index (χ4n) is 1.55. The maximum Gasteiger partial charge on any atom is 0.253 e. The minimum Gasteiger partial charge on any atom is -0.398 e. The van der Waals surface area contributed by atoms with Gasteiger partial charge in [0.1, 0.15) is 0 Å². The summed E-state index contributed by atoms with van der Waals surface area (Å²) in [6.45, 7) is 3.58. The molecule has 1 aromatic rings. The molecular weight excluding hydrogens is 284 g/mol. The average molecular weight is 301 g/mol. The molecule has 0 atom stereocenters. The number of amides is 1. The zero-order chi connectivity index (χ0) is 13.2. The summed E-state index contributed by atoms with van der Waals surface area (Å²) >= 11 is 3.27. The number of nitrogen functional groups attached to an aromatic ring is 1. The number of hydrogen-bond donors (Lipinski definition) is 2. The summed E-state index contributed by atoms with van der Waals surface area (Å²) in [6.07, 6.45) is 0. The number of rotatable bonds is 3. The second-order valence-electron chi connectivity index (χ2n) is 4.71. The van der Waals surface area contributed by atoms with E-state index in [1.54, 1.807) is 39.1 Å². The van der Waals surface area contributed by atoms with Gasteiger partial charge in [-0.05, 0) is 48.0 Å². The lowest BCUT2D eigenvalue weighted by Gasteiger charge is -2.25. The van der Waals surface area contributed by atoms with Gasteiger partial charge in [-0.3, -0.25) is 4.79 Å². The lowest BCUT2D eigenvalue weighted by Crippen LogP contribution is -2.39. The van der Waals surface area contributed by atoms with E-state index in [1.807, 2.05) is 0 Å². The van der Waals surface area contributed by atoms with Gasteiger partial charge in [-0.1, -0.05) is 0 Å². The van der Waals surface area contributed by atoms with E-state index in [1.165, 1.54) is 4.90 Å². The Balaban J connectivity index is 2.85. The SMILES string of the molecule is CN(CC(C)(C)O)C(=O)c1ccc(Br)c(N)c1. The van der Waals surface area contributed by atoms with Crippen LogP contribution in [-0.4, -0.2) is 35.1 Å². The molecule has 0 fully saturated rings. The first-order chi connectivity index (χ1) is 7.70. The Morgan fingerprint density at radius 3 is 2.59 bits per heavy atom. The summed E-state index contributed by atoms with van der Waals surface area (Å²) in [7, 11) is 1.65. The summed E-state index contributed by atoms with van der Waals surface area (Å²) in [5, 5.41) is 9.66. The predicted molar refractivity (Wildman–Crippen MR) is 71.8 cm³/mol. The van der Waals surface area contributed by atoms with Gasteiger partial charge >= 0.3 is 0 Å². The standard InChI is InChI=1S/C12H17BrN2O2/c1-12(2,17)7-15(3)11(16)8-4-5-9(13)10(14)6-8/h4-6,17H,7,14H2,1-3H3. The summed E-state index contributed by atoms with van der Waals surface area (Å²) in [5.41, 5.74) is 5.84. The van der Waals surface area contributed by atoms with Crippen LogP contribution in [-0.2, 0) is 0 Å². The minimum atomic E-state index is -0.911. The molecule has 0 aliphatic heterocycles. The van der Waals surface area contributed by atoms with Crippen molar-refractivity contribution in [2.24, 2.45) is 0 Å². The molecule has 0 saturated heterocycles. The molecular formula is C12H17BrN2O2. The lowest BCUT2D eigenvalue weighted by atomic mass is 10.1. The highest BCUT2D eigenvalue weighted by atomic mass is 79.9. The molecule has 0 bridgehead atoms. The van der Waals surface area contributed by atoms with Gasteiger partial charge in [0.2, 0.25) is 0 Å². The molecule has 0 aliphatic carbocycles. The lowest BCUT2D eigenvalue weighted by molar-refractivity contribution is 0.0368. The average Bonchev–Trinajstić information content (AvgIpc) is 2.18. The number of nitrogens with two attached hydrogens (primary N) is 1. The smallest absolute Gasteiger partial charge is 0.253 e. The van der Waals surface area contributed by atoms with E-state index in [2.05, 4.69) is 15.9 Å². The largest absolute Gasteiger partial charge is 0.398 e. The number of benzene rings is 1. The van der Waals surface area contributed by atoms with E-state index in [4.69, 9.17) is 5.73 Å². The molecule has 0 heterocycles. The monoisotopic (exact) mass is 300 g/mol. The molecule has 0 aliphatic rings. The fraction of sp³-hybridized carbons (Fsp3) is 0.417. The third-order valence-electron chi connectivity index (χ3n) is 2.21. The highest BCUT2D eigenvalue weighted by Gasteiger charge is 2.20. The van der Waals surface area contributed by atoms with Crippen LogP contribution in [0.3, 0.4) is 0 Å². The Hall–Kier alpha value is -1.07. The van der Waals surface area contributed by atoms with Crippen LogP contribution >= 0.6 is 15.9 Å². The van der Waals surface area contributed by atoms with Crippen molar-refractivity contribution in [2.75, 3.05) is 19.3 Å². The van der Waals surface area contributed by atoms with Gasteiger partial charge in [0, 0.05) is 29.3 Å². The van der Waals surface area contributed by atoms with E-state index >= 15 is 0 Å². The third-order valence-corrected chi connectivity index (χ3v) is 2.94. The molecule has 0 aromatic heterocycles. The van der Waals surface area contributed by atoms with Crippen molar-refractivity contribution in [3.8, 4) is 0 Å². The molecule has 1 amide bonds. The number of nitrogens with zero attached hydrogens (tertiary/aromatic N) is 1. The number of carbonyl (C=O) groups excluding carboxylic acids is 1. The minimum absolute atomic E-state index is 0.161. The molecule has 0 spiro atoms. The van der Waals surface area contributed by atoms with Crippen LogP contribution in [0.2, 0.25) is 0 Å². The van der Waals surface area contributed by atoms with Crippen molar-refractivity contribution in [2.45, 2.75) is 19.4 Å². The van der Waals surface area contributed by atoms with Crippen molar-refractivity contribution < 1.29 is 9.90 Å². The van der Waals surface area contributed by atoms with E-state index in [-0.39, 0.29) is 12.5 Å². The summed E-state index contributed by atoms with van der Waals surface area (Å²) in [5.74, 6) is -0.161. The van der Waals surface area contributed by atoms with E-state index in [9.17, 15) is 9.90 Å². The summed E-state index contributed by atoms with van der Waals surface area (Å²) in [6, 6.07) is 5.05. The van der Waals surface area contributed by atoms with Crippen molar-refractivity contribution >= 4 is 27.5 Å². The first kappa shape index (κ1) is 14.0. The molecule has 0 radical (unpaired) electrons. The molecule has 1 aromatic carbocycles. The second-order valence-corrected chi connectivity index (χ2v) is 5.56. The molecule has 17 heavy (non-hydrogen) atoms. The van der Waals surface area contributed by atoms with Gasteiger partial charge < -0.3 is 15.7 Å². The summed E-state index contributed by atoms with van der Waals surface area (Å²) < 4.78 is 0.763. The predicted octanol–water partition coefficient (Wildman–Crippen LogP) is 1.87. The van der Waals surface area contributed by atoms with Crippen molar-refractivity contribution in [3.05, 3.63) is 28.2 Å². The maximum absolute atomic E-state index is 12.0.